The van der Waals surface area contributed by atoms with Crippen molar-refractivity contribution in [2.24, 2.45) is 0 Å². The highest BCUT2D eigenvalue weighted by molar-refractivity contribution is 9.10. The van der Waals surface area contributed by atoms with Crippen LogP contribution in [0.1, 0.15) is 61.8 Å². The van der Waals surface area contributed by atoms with E-state index in [9.17, 15) is 0 Å². The molecule has 0 aliphatic carbocycles. The maximum absolute atomic E-state index is 3.74. The van der Waals surface area contributed by atoms with Crippen molar-refractivity contribution < 1.29 is 0 Å². The van der Waals surface area contributed by atoms with E-state index in [1.165, 1.54) is 91.5 Å². The van der Waals surface area contributed by atoms with Crippen molar-refractivity contribution in [1.29, 1.82) is 0 Å². The summed E-state index contributed by atoms with van der Waals surface area (Å²) in [5.41, 5.74) is 18.9. The van der Waals surface area contributed by atoms with Gasteiger partial charge in [-0.1, -0.05) is 106 Å². The predicted octanol–water partition coefficient (Wildman–Crippen LogP) is 19.6. The summed E-state index contributed by atoms with van der Waals surface area (Å²) in [4.78, 5) is 4.77. The molecular formula is C64H56Br2N4. The molecule has 70 heavy (non-hydrogen) atoms. The summed E-state index contributed by atoms with van der Waals surface area (Å²) in [5, 5.41) is 5.00. The molecule has 4 nitrogen and oxygen atoms in total. The van der Waals surface area contributed by atoms with E-state index in [1.807, 2.05) is 0 Å². The van der Waals surface area contributed by atoms with Crippen LogP contribution in [0, 0.1) is 13.8 Å². The molecule has 0 saturated heterocycles. The fraction of sp³-hybridized carbons (Fsp3) is 0.156. The Morgan fingerprint density at radius 3 is 0.957 bits per heavy atom. The van der Waals surface area contributed by atoms with Gasteiger partial charge >= 0.3 is 0 Å². The molecule has 0 aliphatic rings. The van der Waals surface area contributed by atoms with Crippen molar-refractivity contribution in [3.63, 3.8) is 0 Å². The molecule has 0 bridgehead atoms. The van der Waals surface area contributed by atoms with E-state index in [1.54, 1.807) is 0 Å². The summed E-state index contributed by atoms with van der Waals surface area (Å²) in [6.07, 6.45) is 6.90. The first-order valence-corrected chi connectivity index (χ1v) is 26.3. The van der Waals surface area contributed by atoms with E-state index in [2.05, 4.69) is 273 Å². The molecule has 2 heterocycles. The third kappa shape index (κ3) is 8.73. The van der Waals surface area contributed by atoms with E-state index in [0.29, 0.717) is 0 Å². The Morgan fingerprint density at radius 2 is 0.629 bits per heavy atom. The molecule has 0 spiro atoms. The maximum atomic E-state index is 3.74. The smallest absolute Gasteiger partial charge is 0.0541 e. The lowest BCUT2D eigenvalue weighted by Crippen LogP contribution is -2.12. The summed E-state index contributed by atoms with van der Waals surface area (Å²) < 4.78 is 6.95. The van der Waals surface area contributed by atoms with Gasteiger partial charge in [0.05, 0.1) is 22.1 Å². The lowest BCUT2D eigenvalue weighted by molar-refractivity contribution is 0.795. The fourth-order valence-corrected chi connectivity index (χ4v) is 11.0. The second-order valence-corrected chi connectivity index (χ2v) is 20.6. The number of anilines is 6. The van der Waals surface area contributed by atoms with E-state index in [-0.39, 0.29) is 0 Å². The second-order valence-electron chi connectivity index (χ2n) is 18.8. The maximum Gasteiger partial charge on any atom is 0.0541 e. The van der Waals surface area contributed by atoms with Gasteiger partial charge in [-0.25, -0.2) is 0 Å². The van der Waals surface area contributed by atoms with Gasteiger partial charge < -0.3 is 18.9 Å². The Morgan fingerprint density at radius 1 is 0.343 bits per heavy atom. The molecule has 0 radical (unpaired) electrons. The van der Waals surface area contributed by atoms with E-state index >= 15 is 0 Å². The monoisotopic (exact) mass is 1040 g/mol. The number of fused-ring (bicyclic) bond motifs is 6. The third-order valence-electron chi connectivity index (χ3n) is 13.9. The van der Waals surface area contributed by atoms with Crippen LogP contribution in [-0.4, -0.2) is 9.13 Å². The van der Waals surface area contributed by atoms with Gasteiger partial charge in [-0.2, -0.15) is 0 Å². The van der Waals surface area contributed by atoms with Crippen LogP contribution >= 0.6 is 31.9 Å². The Bertz CT molecular complexity index is 3280. The molecule has 0 aliphatic heterocycles. The Balaban J connectivity index is 0.985. The Labute approximate surface area is 428 Å². The summed E-state index contributed by atoms with van der Waals surface area (Å²) in [6.45, 7) is 8.85. The SMILES string of the molecule is CCCCc1ccc(N(c2ccc(N(c3ccc(CCCC)cc3)c3ccc(-n4c5ccc(C)cc5c5cc(Br)ccc54)cc3)cc2)c2ccc(-n3c4ccc(C)cc4c4cc(Br)ccc43)cc2)cc1. The van der Waals surface area contributed by atoms with Crippen molar-refractivity contribution in [1.82, 2.24) is 9.13 Å². The summed E-state index contributed by atoms with van der Waals surface area (Å²) in [5.74, 6) is 0. The third-order valence-corrected chi connectivity index (χ3v) is 14.9. The second kappa shape index (κ2) is 19.5. The molecule has 0 amide bonds. The number of halogens is 2. The predicted molar refractivity (Wildman–Crippen MR) is 307 cm³/mol. The number of hydrogen-bond acceptors (Lipinski definition) is 2. The van der Waals surface area contributed by atoms with Crippen molar-refractivity contribution in [2.75, 3.05) is 9.80 Å². The van der Waals surface area contributed by atoms with Crippen LogP contribution in [0.4, 0.5) is 34.1 Å². The lowest BCUT2D eigenvalue weighted by atomic mass is 10.1. The minimum Gasteiger partial charge on any atom is -0.311 e. The van der Waals surface area contributed by atoms with Crippen LogP contribution in [0.25, 0.3) is 55.0 Å². The summed E-state index contributed by atoms with van der Waals surface area (Å²) in [6, 6.07) is 72.3. The molecule has 0 fully saturated rings. The average molecular weight is 1040 g/mol. The minimum absolute atomic E-state index is 1.08. The summed E-state index contributed by atoms with van der Waals surface area (Å²) in [7, 11) is 0. The van der Waals surface area contributed by atoms with Crippen LogP contribution < -0.4 is 9.80 Å². The van der Waals surface area contributed by atoms with Crippen LogP contribution in [0.2, 0.25) is 0 Å². The van der Waals surface area contributed by atoms with Gasteiger partial charge in [0.15, 0.2) is 0 Å². The number of rotatable bonds is 14. The van der Waals surface area contributed by atoms with Crippen molar-refractivity contribution in [3.05, 3.63) is 225 Å². The zero-order valence-electron chi connectivity index (χ0n) is 40.3. The zero-order valence-corrected chi connectivity index (χ0v) is 43.4. The van der Waals surface area contributed by atoms with Gasteiger partial charge in [0.1, 0.15) is 0 Å². The van der Waals surface area contributed by atoms with Gasteiger partial charge in [0.25, 0.3) is 0 Å². The number of hydrogen-bond donors (Lipinski definition) is 0. The first-order valence-electron chi connectivity index (χ1n) is 24.7. The van der Waals surface area contributed by atoms with Gasteiger partial charge in [-0.15, -0.1) is 0 Å². The van der Waals surface area contributed by atoms with Crippen LogP contribution in [0.3, 0.4) is 0 Å². The quantitative estimate of drug-likeness (QED) is 0.108. The number of unbranched alkanes of at least 4 members (excludes halogenated alkanes) is 2. The van der Waals surface area contributed by atoms with Crippen molar-refractivity contribution in [3.8, 4) is 11.4 Å². The minimum atomic E-state index is 1.08. The molecule has 6 heteroatoms. The number of aromatic nitrogens is 2. The van der Waals surface area contributed by atoms with Gasteiger partial charge in [0.2, 0.25) is 0 Å². The Hall–Kier alpha value is -6.86. The molecule has 11 aromatic rings. The van der Waals surface area contributed by atoms with Crippen LogP contribution in [0.15, 0.2) is 203 Å². The van der Waals surface area contributed by atoms with Gasteiger partial charge in [-0.3, -0.25) is 0 Å². The number of nitrogens with zero attached hydrogens (tertiary/aromatic N) is 4. The van der Waals surface area contributed by atoms with E-state index in [0.717, 1.165) is 67.3 Å². The van der Waals surface area contributed by atoms with Crippen LogP contribution in [0.5, 0.6) is 0 Å². The number of benzene rings is 9. The van der Waals surface area contributed by atoms with Crippen molar-refractivity contribution in [2.45, 2.75) is 66.2 Å². The number of aryl methyl sites for hydroxylation is 4. The molecule has 346 valence electrons. The molecule has 0 saturated carbocycles. The van der Waals surface area contributed by atoms with E-state index in [4.69, 9.17) is 0 Å². The highest BCUT2D eigenvalue weighted by atomic mass is 79.9. The highest BCUT2D eigenvalue weighted by Crippen LogP contribution is 2.42. The average Bonchev–Trinajstić information content (AvgIpc) is 3.87. The lowest BCUT2D eigenvalue weighted by Gasteiger charge is -2.29. The first kappa shape index (κ1) is 45.6. The topological polar surface area (TPSA) is 16.3 Å². The standard InChI is InChI=1S/C64H56Br2N4/c1-5-7-9-45-13-19-49(20-14-45)67(53-27-31-55(32-28-53)69-61-35-11-43(3)39-57(61)59-41-47(65)17-37-63(59)69)51-23-25-52(26-24-51)68(50-21-15-46(16-22-50)10-8-6-2)54-29-33-56(34-30-54)70-62-36-12-44(4)40-58(62)60-42-48(66)18-38-64(60)70/h11-42H,5-10H2,1-4H3. The molecule has 0 atom stereocenters. The fourth-order valence-electron chi connectivity index (χ4n) is 10.3. The molecule has 9 aromatic carbocycles. The molecular weight excluding hydrogens is 985 g/mol. The van der Waals surface area contributed by atoms with E-state index < -0.39 is 0 Å². The largest absolute Gasteiger partial charge is 0.311 e. The zero-order chi connectivity index (χ0) is 47.9. The molecule has 0 N–H and O–H groups in total. The van der Waals surface area contributed by atoms with Crippen LogP contribution in [-0.2, 0) is 12.8 Å². The molecule has 2 aromatic heterocycles. The summed E-state index contributed by atoms with van der Waals surface area (Å²) >= 11 is 7.48. The Kier molecular flexibility index (Phi) is 12.7. The highest BCUT2D eigenvalue weighted by Gasteiger charge is 2.20. The molecule has 0 unspecified atom stereocenters. The first-order chi connectivity index (χ1) is 34.2. The van der Waals surface area contributed by atoms with Gasteiger partial charge in [-0.05, 0) is 208 Å². The molecule has 11 rings (SSSR count). The van der Waals surface area contributed by atoms with Gasteiger partial charge in [0, 0.05) is 76.0 Å². The normalized spacial score (nSPS) is 11.6. The van der Waals surface area contributed by atoms with Crippen molar-refractivity contribution >= 4 is 110 Å².